The predicted octanol–water partition coefficient (Wildman–Crippen LogP) is 5.83. The van der Waals surface area contributed by atoms with Crippen LogP contribution in [0.15, 0.2) is 83.7 Å². The van der Waals surface area contributed by atoms with Crippen LogP contribution in [0.2, 0.25) is 0 Å². The molecule has 17 heteroatoms. The molecular weight excluding hydrogens is 863 g/mol. The molecule has 350 valence electrons. The number of aliphatic hydroxyl groups is 1. The number of hydrogen-bond acceptors (Lipinski definition) is 12. The fraction of sp³-hybridized carbons (Fsp3) is 0.449. The third-order valence-corrected chi connectivity index (χ3v) is 11.9. The lowest BCUT2D eigenvalue weighted by molar-refractivity contribution is -0.144. The summed E-state index contributed by atoms with van der Waals surface area (Å²) in [6.07, 6.45) is 4.30. The maximum absolute atomic E-state index is 13.9. The van der Waals surface area contributed by atoms with Crippen LogP contribution < -0.4 is 25.2 Å². The first-order valence-electron chi connectivity index (χ1n) is 22.1. The van der Waals surface area contributed by atoms with E-state index in [4.69, 9.17) is 30.8 Å². The van der Waals surface area contributed by atoms with Crippen molar-refractivity contribution in [2.45, 2.75) is 97.5 Å². The van der Waals surface area contributed by atoms with Crippen LogP contribution in [0.3, 0.4) is 0 Å². The van der Waals surface area contributed by atoms with Crippen molar-refractivity contribution in [2.24, 2.45) is 5.41 Å². The summed E-state index contributed by atoms with van der Waals surface area (Å²) in [6, 6.07) is 20.5. The number of thiocarbonyl (C=S) groups is 1. The third kappa shape index (κ3) is 12.0. The molecule has 4 aromatic rings. The summed E-state index contributed by atoms with van der Waals surface area (Å²) >= 11 is 5.80. The molecule has 66 heavy (non-hydrogen) atoms. The Kier molecular flexibility index (Phi) is 16.3. The van der Waals surface area contributed by atoms with Crippen LogP contribution in [-0.4, -0.2) is 107 Å². The van der Waals surface area contributed by atoms with Gasteiger partial charge in [-0.05, 0) is 111 Å². The van der Waals surface area contributed by atoms with Crippen molar-refractivity contribution >= 4 is 52.3 Å². The van der Waals surface area contributed by atoms with Crippen LogP contribution in [-0.2, 0) is 35.2 Å². The van der Waals surface area contributed by atoms with Crippen molar-refractivity contribution < 1.29 is 42.9 Å². The highest BCUT2D eigenvalue weighted by atomic mass is 32.1. The number of nitrogens with zero attached hydrogens (tertiary/aromatic N) is 5. The van der Waals surface area contributed by atoms with Crippen molar-refractivity contribution in [1.82, 2.24) is 20.5 Å². The average molecular weight is 922 g/mol. The van der Waals surface area contributed by atoms with Crippen LogP contribution in [0.1, 0.15) is 77.0 Å². The van der Waals surface area contributed by atoms with E-state index in [1.165, 1.54) is 16.2 Å². The van der Waals surface area contributed by atoms with Gasteiger partial charge in [-0.25, -0.2) is 4.98 Å². The molecule has 3 atom stereocenters. The number of anilines is 2. The molecule has 2 aliphatic heterocycles. The number of nitrogens with one attached hydrogen (secondary N) is 2. The zero-order chi connectivity index (χ0) is 47.6. The van der Waals surface area contributed by atoms with Gasteiger partial charge in [0.1, 0.15) is 30.0 Å². The van der Waals surface area contributed by atoms with E-state index >= 15 is 0 Å². The Hall–Kier alpha value is -6.19. The van der Waals surface area contributed by atoms with E-state index in [1.807, 2.05) is 95.0 Å². The van der Waals surface area contributed by atoms with E-state index in [2.05, 4.69) is 21.7 Å². The first-order chi connectivity index (χ1) is 31.5. The smallest absolute Gasteiger partial charge is 0.259 e. The number of β-amino-alcohol motifs (C(OH)–C–C–N with tert-alkyl or cyclic N) is 1. The minimum absolute atomic E-state index is 0.0235. The van der Waals surface area contributed by atoms with Gasteiger partial charge in [-0.1, -0.05) is 45.0 Å². The Labute approximate surface area is 391 Å². The van der Waals surface area contributed by atoms with Gasteiger partial charge in [0.25, 0.3) is 5.91 Å². The summed E-state index contributed by atoms with van der Waals surface area (Å²) < 4.78 is 22.6. The highest BCUT2D eigenvalue weighted by Gasteiger charge is 2.50. The molecule has 3 aromatic carbocycles. The first-order valence-corrected chi connectivity index (χ1v) is 22.5. The number of likely N-dealkylation sites (tertiary alicyclic amines) is 1. The van der Waals surface area contributed by atoms with Gasteiger partial charge in [-0.3, -0.25) is 24.1 Å². The average Bonchev–Trinajstić information content (AvgIpc) is 4.01. The number of unbranched alkanes of at least 4 members (excludes halogenated alkanes) is 1. The molecular formula is C49H59N7O9S. The molecule has 0 saturated carbocycles. The number of amides is 4. The molecule has 0 unspecified atom stereocenters. The number of hydrogen-bond donors (Lipinski definition) is 3. The fourth-order valence-corrected chi connectivity index (χ4v) is 8.38. The van der Waals surface area contributed by atoms with Crippen LogP contribution in [0.4, 0.5) is 11.4 Å². The predicted molar refractivity (Wildman–Crippen MR) is 251 cm³/mol. The Balaban J connectivity index is 0.854. The second-order valence-corrected chi connectivity index (χ2v) is 18.4. The molecule has 6 rings (SSSR count). The third-order valence-electron chi connectivity index (χ3n) is 11.5. The molecule has 4 amide bonds. The summed E-state index contributed by atoms with van der Waals surface area (Å²) in [4.78, 5) is 62.4. The van der Waals surface area contributed by atoms with Gasteiger partial charge in [-0.15, -0.1) is 0 Å². The Morgan fingerprint density at radius 2 is 1.67 bits per heavy atom. The van der Waals surface area contributed by atoms with Crippen LogP contribution in [0.5, 0.6) is 5.75 Å². The highest BCUT2D eigenvalue weighted by Crippen LogP contribution is 2.37. The molecule has 2 aliphatic rings. The zero-order valence-electron chi connectivity index (χ0n) is 38.4. The number of benzene rings is 3. The highest BCUT2D eigenvalue weighted by molar-refractivity contribution is 7.81. The van der Waals surface area contributed by atoms with Crippen molar-refractivity contribution in [3.63, 3.8) is 0 Å². The van der Waals surface area contributed by atoms with Gasteiger partial charge < -0.3 is 44.2 Å². The van der Waals surface area contributed by atoms with E-state index in [0.29, 0.717) is 54.1 Å². The van der Waals surface area contributed by atoms with E-state index in [-0.39, 0.29) is 38.6 Å². The number of nitriles is 1. The molecule has 2 saturated heterocycles. The second-order valence-electron chi connectivity index (χ2n) is 18.0. The number of rotatable bonds is 20. The SMILES string of the molecule is Cc1cc(N2C(=O)C(C)(C)N(c3ccc(OCCCCOCCCOCC(=O)N[C@H](C(=O)N4C[C@H](O)C[C@H]4C(=O)NCc4ccc(-c5cnco5)cc4)C(C)(C)C)cc3)C2=S)ccc1C#N. The van der Waals surface area contributed by atoms with Crippen molar-refractivity contribution in [3.05, 3.63) is 96.0 Å². The lowest BCUT2D eigenvalue weighted by Crippen LogP contribution is -2.58. The maximum atomic E-state index is 13.9. The lowest BCUT2D eigenvalue weighted by atomic mass is 9.85. The topological polar surface area (TPSA) is 200 Å². The molecule has 0 spiro atoms. The summed E-state index contributed by atoms with van der Waals surface area (Å²) in [5, 5.41) is 25.9. The quantitative estimate of drug-likeness (QED) is 0.0708. The Morgan fingerprint density at radius 3 is 2.33 bits per heavy atom. The number of ether oxygens (including phenoxy) is 3. The monoisotopic (exact) mass is 921 g/mol. The van der Waals surface area contributed by atoms with Gasteiger partial charge in [-0.2, -0.15) is 5.26 Å². The van der Waals surface area contributed by atoms with Gasteiger partial charge >= 0.3 is 0 Å². The van der Waals surface area contributed by atoms with E-state index in [1.54, 1.807) is 24.4 Å². The van der Waals surface area contributed by atoms with Crippen LogP contribution in [0, 0.1) is 23.7 Å². The summed E-state index contributed by atoms with van der Waals surface area (Å²) in [6.45, 7) is 12.7. The number of aliphatic hydroxyl groups excluding tert-OH is 1. The summed E-state index contributed by atoms with van der Waals surface area (Å²) in [5.41, 5.74) is 2.76. The normalized spacial score (nSPS) is 17.5. The number of oxazole rings is 1. The molecule has 3 heterocycles. The molecule has 16 nitrogen and oxygen atoms in total. The standard InChI is InChI=1S/C49H59N7O9S/c1-32-24-37(15-14-35(32)26-50)55-46(61)49(5,6)56(47(55)66)36-16-18-39(19-17-36)64-23-8-7-20-62-21-9-22-63-30-42(58)53-43(48(2,3)4)45(60)54-29-38(57)25-40(54)44(59)52-27-33-10-12-34(13-11-33)41-28-51-31-65-41/h10-19,24,28,31,38,40,43,57H,7-9,20-23,25,27,29-30H2,1-6H3,(H,52,59)(H,53,58)/t38-,40+,43-/m1/s1. The van der Waals surface area contributed by atoms with Gasteiger partial charge in [0.15, 0.2) is 17.3 Å². The van der Waals surface area contributed by atoms with Gasteiger partial charge in [0.05, 0.1) is 36.2 Å². The van der Waals surface area contributed by atoms with Gasteiger partial charge in [0, 0.05) is 50.6 Å². The molecule has 3 N–H and O–H groups in total. The number of aromatic nitrogens is 1. The Morgan fingerprint density at radius 1 is 0.985 bits per heavy atom. The molecule has 1 aromatic heterocycles. The molecule has 0 aliphatic carbocycles. The molecule has 0 bridgehead atoms. The van der Waals surface area contributed by atoms with E-state index in [0.717, 1.165) is 35.2 Å². The lowest BCUT2D eigenvalue weighted by Gasteiger charge is -2.35. The Bertz CT molecular complexity index is 2380. The number of aryl methyl sites for hydroxylation is 1. The summed E-state index contributed by atoms with van der Waals surface area (Å²) in [7, 11) is 0. The number of carbonyl (C=O) groups excluding carboxylic acids is 4. The maximum Gasteiger partial charge on any atom is 0.259 e. The molecule has 2 fully saturated rings. The largest absolute Gasteiger partial charge is 0.494 e. The van der Waals surface area contributed by atoms with Crippen LogP contribution >= 0.6 is 12.2 Å². The zero-order valence-corrected chi connectivity index (χ0v) is 39.2. The number of carbonyl (C=O) groups is 4. The minimum atomic E-state index is -0.962. The summed E-state index contributed by atoms with van der Waals surface area (Å²) in [5.74, 6) is -0.141. The van der Waals surface area contributed by atoms with E-state index in [9.17, 15) is 29.5 Å². The second kappa shape index (κ2) is 21.9. The first kappa shape index (κ1) is 49.2. The fourth-order valence-electron chi connectivity index (χ4n) is 7.86. The van der Waals surface area contributed by atoms with Crippen molar-refractivity contribution in [3.8, 4) is 23.1 Å². The minimum Gasteiger partial charge on any atom is -0.494 e. The van der Waals surface area contributed by atoms with Gasteiger partial charge in [0.2, 0.25) is 17.7 Å². The van der Waals surface area contributed by atoms with Crippen molar-refractivity contribution in [1.29, 1.82) is 5.26 Å². The molecule has 0 radical (unpaired) electrons. The van der Waals surface area contributed by atoms with E-state index < -0.39 is 46.9 Å². The van der Waals surface area contributed by atoms with Crippen molar-refractivity contribution in [2.75, 3.05) is 49.4 Å². The van der Waals surface area contributed by atoms with Crippen LogP contribution in [0.25, 0.3) is 11.3 Å².